The van der Waals surface area contributed by atoms with Crippen LogP contribution in [0.4, 0.5) is 16.2 Å². The molecule has 0 radical (unpaired) electrons. The number of anilines is 1. The highest BCUT2D eigenvalue weighted by Gasteiger charge is 2.37. The van der Waals surface area contributed by atoms with Crippen LogP contribution in [0, 0.1) is 17.0 Å². The van der Waals surface area contributed by atoms with Crippen molar-refractivity contribution in [1.82, 2.24) is 5.32 Å². The maximum absolute atomic E-state index is 13.0. The maximum atomic E-state index is 13.0. The summed E-state index contributed by atoms with van der Waals surface area (Å²) in [4.78, 5) is 49.1. The van der Waals surface area contributed by atoms with Gasteiger partial charge in [0, 0.05) is 17.7 Å². The lowest BCUT2D eigenvalue weighted by atomic mass is 10.1. The first-order chi connectivity index (χ1) is 15.8. The SMILES string of the molecule is COc1ccc(N2C(=O)NC(=O)C(=Cc3ccc(-c4cc([N+](=O)[O-])ccc4C)o3)C2=O)cc1. The van der Waals surface area contributed by atoms with Gasteiger partial charge in [0.25, 0.3) is 17.5 Å². The molecular weight excluding hydrogens is 430 g/mol. The Hall–Kier alpha value is -4.73. The van der Waals surface area contributed by atoms with Gasteiger partial charge in [0.2, 0.25) is 0 Å². The maximum Gasteiger partial charge on any atom is 0.335 e. The quantitative estimate of drug-likeness (QED) is 0.272. The van der Waals surface area contributed by atoms with Crippen molar-refractivity contribution in [3.05, 3.63) is 81.6 Å². The highest BCUT2D eigenvalue weighted by Crippen LogP contribution is 2.30. The number of hydrogen-bond donors (Lipinski definition) is 1. The number of urea groups is 1. The lowest BCUT2D eigenvalue weighted by Crippen LogP contribution is -2.54. The Labute approximate surface area is 187 Å². The van der Waals surface area contributed by atoms with Gasteiger partial charge < -0.3 is 9.15 Å². The lowest BCUT2D eigenvalue weighted by Gasteiger charge is -2.26. The first-order valence-corrected chi connectivity index (χ1v) is 9.69. The number of nitro groups is 1. The number of barbiturate groups is 1. The molecule has 3 aromatic rings. The number of amides is 4. The summed E-state index contributed by atoms with van der Waals surface area (Å²) in [6.07, 6.45) is 1.22. The number of nitrogens with one attached hydrogen (secondary N) is 1. The molecule has 2 heterocycles. The minimum atomic E-state index is -0.875. The molecule has 0 spiro atoms. The molecule has 1 aliphatic rings. The number of ether oxygens (including phenoxy) is 1. The second kappa shape index (κ2) is 8.42. The molecule has 33 heavy (non-hydrogen) atoms. The number of hydrogen-bond acceptors (Lipinski definition) is 7. The van der Waals surface area contributed by atoms with Gasteiger partial charge in [-0.05, 0) is 55.0 Å². The summed E-state index contributed by atoms with van der Waals surface area (Å²) in [5, 5.41) is 13.2. The molecule has 2 aromatic carbocycles. The molecule has 10 heteroatoms. The van der Waals surface area contributed by atoms with E-state index in [1.165, 1.54) is 43.5 Å². The smallest absolute Gasteiger partial charge is 0.335 e. The van der Waals surface area contributed by atoms with Crippen LogP contribution in [0.15, 0.2) is 64.6 Å². The number of carbonyl (C=O) groups is 3. The zero-order valence-electron chi connectivity index (χ0n) is 17.5. The number of carbonyl (C=O) groups excluding carboxylic acids is 3. The molecule has 0 bridgehead atoms. The van der Waals surface area contributed by atoms with E-state index in [4.69, 9.17) is 9.15 Å². The van der Waals surface area contributed by atoms with Crippen LogP contribution < -0.4 is 15.0 Å². The van der Waals surface area contributed by atoms with Crippen LogP contribution in [0.2, 0.25) is 0 Å². The van der Waals surface area contributed by atoms with E-state index in [-0.39, 0.29) is 22.7 Å². The summed E-state index contributed by atoms with van der Waals surface area (Å²) < 4.78 is 10.8. The van der Waals surface area contributed by atoms with Gasteiger partial charge >= 0.3 is 6.03 Å². The molecule has 1 saturated heterocycles. The number of imide groups is 2. The third kappa shape index (κ3) is 4.09. The number of methoxy groups -OCH3 is 1. The fraction of sp³-hybridized carbons (Fsp3) is 0.0870. The molecule has 4 rings (SSSR count). The van der Waals surface area contributed by atoms with Crippen LogP contribution in [-0.4, -0.2) is 29.9 Å². The minimum absolute atomic E-state index is 0.0950. The molecule has 0 saturated carbocycles. The molecule has 4 amide bonds. The standard InChI is InChI=1S/C23H17N3O7/c1-13-3-4-15(26(30)31)11-18(13)20-10-9-17(33-20)12-19-21(27)24-23(29)25(22(19)28)14-5-7-16(32-2)8-6-14/h3-12H,1-2H3,(H,24,27,29). The molecule has 1 aliphatic heterocycles. The van der Waals surface area contributed by atoms with E-state index in [9.17, 15) is 24.5 Å². The first-order valence-electron chi connectivity index (χ1n) is 9.69. The van der Waals surface area contributed by atoms with Gasteiger partial charge in [-0.3, -0.25) is 25.0 Å². The predicted molar refractivity (Wildman–Crippen MR) is 118 cm³/mol. The fourth-order valence-corrected chi connectivity index (χ4v) is 3.33. The number of nitrogens with zero attached hydrogens (tertiary/aromatic N) is 2. The van der Waals surface area contributed by atoms with E-state index in [1.54, 1.807) is 31.2 Å². The van der Waals surface area contributed by atoms with Gasteiger partial charge in [0.15, 0.2) is 0 Å². The van der Waals surface area contributed by atoms with Crippen LogP contribution in [0.1, 0.15) is 11.3 Å². The van der Waals surface area contributed by atoms with Crippen molar-refractivity contribution in [2.75, 3.05) is 12.0 Å². The summed E-state index contributed by atoms with van der Waals surface area (Å²) in [5.74, 6) is -0.652. The zero-order chi connectivity index (χ0) is 23.7. The number of aryl methyl sites for hydroxylation is 1. The molecule has 10 nitrogen and oxygen atoms in total. The second-order valence-corrected chi connectivity index (χ2v) is 7.11. The number of non-ortho nitro benzene ring substituents is 1. The molecular formula is C23H17N3O7. The predicted octanol–water partition coefficient (Wildman–Crippen LogP) is 3.84. The largest absolute Gasteiger partial charge is 0.497 e. The van der Waals surface area contributed by atoms with Crippen LogP contribution in [-0.2, 0) is 9.59 Å². The number of nitro benzene ring substituents is 1. The van der Waals surface area contributed by atoms with Crippen molar-refractivity contribution in [2.24, 2.45) is 0 Å². The summed E-state index contributed by atoms with van der Waals surface area (Å²) in [7, 11) is 1.49. The van der Waals surface area contributed by atoms with Gasteiger partial charge in [-0.25, -0.2) is 9.69 Å². The van der Waals surface area contributed by atoms with Gasteiger partial charge in [-0.1, -0.05) is 6.07 Å². The topological polar surface area (TPSA) is 132 Å². The summed E-state index contributed by atoms with van der Waals surface area (Å²) >= 11 is 0. The van der Waals surface area contributed by atoms with E-state index < -0.39 is 22.8 Å². The van der Waals surface area contributed by atoms with Crippen molar-refractivity contribution >= 4 is 35.3 Å². The Morgan fingerprint density at radius 1 is 1.06 bits per heavy atom. The van der Waals surface area contributed by atoms with E-state index in [1.807, 2.05) is 0 Å². The first kappa shape index (κ1) is 21.5. The third-order valence-corrected chi connectivity index (χ3v) is 5.04. The summed E-state index contributed by atoms with van der Waals surface area (Å²) in [6, 6.07) is 12.8. The highest BCUT2D eigenvalue weighted by atomic mass is 16.6. The van der Waals surface area contributed by atoms with Crippen molar-refractivity contribution in [2.45, 2.75) is 6.92 Å². The molecule has 1 N–H and O–H groups in total. The Bertz CT molecular complexity index is 1320. The molecule has 166 valence electrons. The average molecular weight is 447 g/mol. The number of rotatable bonds is 5. The lowest BCUT2D eigenvalue weighted by molar-refractivity contribution is -0.384. The average Bonchev–Trinajstić information content (AvgIpc) is 3.25. The van der Waals surface area contributed by atoms with Gasteiger partial charge in [0.1, 0.15) is 22.8 Å². The molecule has 0 unspecified atom stereocenters. The molecule has 0 aliphatic carbocycles. The van der Waals surface area contributed by atoms with Crippen LogP contribution in [0.3, 0.4) is 0 Å². The Kier molecular flexibility index (Phi) is 5.49. The van der Waals surface area contributed by atoms with Crippen LogP contribution in [0.5, 0.6) is 5.75 Å². The van der Waals surface area contributed by atoms with E-state index in [0.717, 1.165) is 10.5 Å². The van der Waals surface area contributed by atoms with Crippen molar-refractivity contribution in [1.29, 1.82) is 0 Å². The summed E-state index contributed by atoms with van der Waals surface area (Å²) in [6.45, 7) is 1.77. The van der Waals surface area contributed by atoms with E-state index in [0.29, 0.717) is 17.1 Å². The van der Waals surface area contributed by atoms with Crippen LogP contribution in [0.25, 0.3) is 17.4 Å². The normalized spacial score (nSPS) is 15.0. The second-order valence-electron chi connectivity index (χ2n) is 7.11. The Morgan fingerprint density at radius 2 is 1.79 bits per heavy atom. The number of benzene rings is 2. The van der Waals surface area contributed by atoms with Gasteiger partial charge in [-0.2, -0.15) is 0 Å². The molecule has 1 fully saturated rings. The van der Waals surface area contributed by atoms with Crippen molar-refractivity contribution < 1.29 is 28.5 Å². The Morgan fingerprint density at radius 3 is 2.45 bits per heavy atom. The van der Waals surface area contributed by atoms with E-state index in [2.05, 4.69) is 5.32 Å². The summed E-state index contributed by atoms with van der Waals surface area (Å²) in [5.41, 5.74) is 1.11. The third-order valence-electron chi connectivity index (χ3n) is 5.04. The van der Waals surface area contributed by atoms with Crippen molar-refractivity contribution in [3.8, 4) is 17.1 Å². The van der Waals surface area contributed by atoms with Gasteiger partial charge in [0.05, 0.1) is 17.7 Å². The number of furan rings is 1. The molecule has 0 atom stereocenters. The van der Waals surface area contributed by atoms with Crippen molar-refractivity contribution in [3.63, 3.8) is 0 Å². The van der Waals surface area contributed by atoms with E-state index >= 15 is 0 Å². The van der Waals surface area contributed by atoms with Crippen LogP contribution >= 0.6 is 0 Å². The minimum Gasteiger partial charge on any atom is -0.497 e. The monoisotopic (exact) mass is 447 g/mol. The fourth-order valence-electron chi connectivity index (χ4n) is 3.33. The molecule has 1 aromatic heterocycles. The zero-order valence-corrected chi connectivity index (χ0v) is 17.5. The Balaban J connectivity index is 1.67. The van der Waals surface area contributed by atoms with Gasteiger partial charge in [-0.15, -0.1) is 0 Å². The highest BCUT2D eigenvalue weighted by molar-refractivity contribution is 6.39.